The number of nitrogens with zero attached hydrogens (tertiary/aromatic N) is 1. The normalized spacial score (nSPS) is 10.4. The molecule has 0 aromatic heterocycles. The molecule has 0 radical (unpaired) electrons. The van der Waals surface area contributed by atoms with Crippen molar-refractivity contribution in [2.75, 3.05) is 7.11 Å². The number of carboxylic acids is 1. The second kappa shape index (κ2) is 4.27. The molecule has 0 heterocycles. The Bertz CT molecular complexity index is 373. The van der Waals surface area contributed by atoms with Crippen molar-refractivity contribution in [3.63, 3.8) is 0 Å². The molecule has 1 rings (SSSR count). The number of aromatic carboxylic acids is 1. The molecule has 0 saturated carbocycles. The Kier molecular flexibility index (Phi) is 3.06. The molecule has 0 atom stereocenters. The van der Waals surface area contributed by atoms with E-state index in [0.717, 1.165) is 0 Å². The van der Waals surface area contributed by atoms with Crippen LogP contribution in [0.2, 0.25) is 0 Å². The van der Waals surface area contributed by atoms with Crippen molar-refractivity contribution in [3.05, 3.63) is 29.3 Å². The molecule has 5 nitrogen and oxygen atoms in total. The second-order valence-corrected chi connectivity index (χ2v) is 2.50. The number of oxime groups is 1. The van der Waals surface area contributed by atoms with Crippen molar-refractivity contribution in [2.45, 2.75) is 0 Å². The number of hydrogen-bond donors (Lipinski definition) is 2. The highest BCUT2D eigenvalue weighted by Crippen LogP contribution is 2.17. The van der Waals surface area contributed by atoms with Gasteiger partial charge in [-0.25, -0.2) is 4.79 Å². The summed E-state index contributed by atoms with van der Waals surface area (Å²) in [6.07, 6.45) is 1.35. The maximum absolute atomic E-state index is 10.6. The van der Waals surface area contributed by atoms with Gasteiger partial charge in [-0.05, 0) is 23.8 Å². The molecule has 5 heteroatoms. The summed E-state index contributed by atoms with van der Waals surface area (Å²) in [7, 11) is 1.38. The lowest BCUT2D eigenvalue weighted by molar-refractivity contribution is 0.0693. The molecule has 0 bridgehead atoms. The molecular weight excluding hydrogens is 186 g/mol. The van der Waals surface area contributed by atoms with Gasteiger partial charge in [0.05, 0.1) is 6.21 Å². The number of benzene rings is 1. The van der Waals surface area contributed by atoms with E-state index in [0.29, 0.717) is 5.56 Å². The summed E-state index contributed by atoms with van der Waals surface area (Å²) < 4.78 is 0. The zero-order chi connectivity index (χ0) is 10.6. The average Bonchev–Trinajstić information content (AvgIpc) is 2.16. The molecule has 0 unspecified atom stereocenters. The van der Waals surface area contributed by atoms with Gasteiger partial charge in [0.1, 0.15) is 18.4 Å². The van der Waals surface area contributed by atoms with E-state index in [4.69, 9.17) is 5.11 Å². The largest absolute Gasteiger partial charge is 0.507 e. The highest BCUT2D eigenvalue weighted by atomic mass is 16.6. The van der Waals surface area contributed by atoms with Crippen LogP contribution in [-0.4, -0.2) is 29.5 Å². The fourth-order valence-electron chi connectivity index (χ4n) is 0.919. The summed E-state index contributed by atoms with van der Waals surface area (Å²) in [6.45, 7) is 0. The van der Waals surface area contributed by atoms with Gasteiger partial charge in [-0.3, -0.25) is 0 Å². The standard InChI is InChI=1S/C9H9NO4/c1-14-10-5-6-2-3-8(11)7(4-6)9(12)13/h2-5,11H,1H3,(H,12,13). The summed E-state index contributed by atoms with van der Waals surface area (Å²) in [5.74, 6) is -1.46. The minimum atomic E-state index is -1.19. The number of hydrogen-bond acceptors (Lipinski definition) is 4. The number of carbonyl (C=O) groups is 1. The van der Waals surface area contributed by atoms with Crippen LogP contribution in [0.3, 0.4) is 0 Å². The van der Waals surface area contributed by atoms with Crippen LogP contribution in [0.1, 0.15) is 15.9 Å². The summed E-state index contributed by atoms with van der Waals surface area (Å²) >= 11 is 0. The van der Waals surface area contributed by atoms with Crippen LogP contribution in [0.15, 0.2) is 23.4 Å². The van der Waals surface area contributed by atoms with Crippen LogP contribution < -0.4 is 0 Å². The molecule has 0 saturated heterocycles. The lowest BCUT2D eigenvalue weighted by Crippen LogP contribution is -1.98. The highest BCUT2D eigenvalue weighted by molar-refractivity contribution is 5.93. The SMILES string of the molecule is CON=Cc1ccc(O)c(C(=O)O)c1. The van der Waals surface area contributed by atoms with Gasteiger partial charge < -0.3 is 15.1 Å². The van der Waals surface area contributed by atoms with Gasteiger partial charge in [-0.1, -0.05) is 5.16 Å². The fourth-order valence-corrected chi connectivity index (χ4v) is 0.919. The maximum atomic E-state index is 10.6. The molecule has 14 heavy (non-hydrogen) atoms. The molecule has 0 aliphatic rings. The molecule has 0 amide bonds. The van der Waals surface area contributed by atoms with Crippen molar-refractivity contribution >= 4 is 12.2 Å². The van der Waals surface area contributed by atoms with E-state index >= 15 is 0 Å². The second-order valence-electron chi connectivity index (χ2n) is 2.50. The summed E-state index contributed by atoms with van der Waals surface area (Å²) in [5.41, 5.74) is 0.382. The Labute approximate surface area is 80.2 Å². The van der Waals surface area contributed by atoms with E-state index < -0.39 is 5.97 Å². The first-order chi connectivity index (χ1) is 6.65. The average molecular weight is 195 g/mol. The van der Waals surface area contributed by atoms with E-state index in [2.05, 4.69) is 9.99 Å². The molecule has 1 aromatic carbocycles. The molecule has 2 N–H and O–H groups in total. The third-order valence-corrected chi connectivity index (χ3v) is 1.56. The minimum Gasteiger partial charge on any atom is -0.507 e. The Morgan fingerprint density at radius 3 is 2.86 bits per heavy atom. The first-order valence-electron chi connectivity index (χ1n) is 3.78. The summed E-state index contributed by atoms with van der Waals surface area (Å²) in [5, 5.41) is 21.3. The van der Waals surface area contributed by atoms with E-state index in [1.54, 1.807) is 0 Å². The molecular formula is C9H9NO4. The maximum Gasteiger partial charge on any atom is 0.339 e. The van der Waals surface area contributed by atoms with Gasteiger partial charge in [-0.2, -0.15) is 0 Å². The smallest absolute Gasteiger partial charge is 0.339 e. The van der Waals surface area contributed by atoms with Crippen LogP contribution >= 0.6 is 0 Å². The molecule has 0 spiro atoms. The number of phenols is 1. The predicted molar refractivity (Wildman–Crippen MR) is 49.7 cm³/mol. The van der Waals surface area contributed by atoms with Gasteiger partial charge in [-0.15, -0.1) is 0 Å². The van der Waals surface area contributed by atoms with Crippen LogP contribution in [0, 0.1) is 0 Å². The molecule has 1 aromatic rings. The molecule has 0 aliphatic heterocycles. The zero-order valence-corrected chi connectivity index (χ0v) is 7.47. The van der Waals surface area contributed by atoms with Crippen molar-refractivity contribution in [3.8, 4) is 5.75 Å². The summed E-state index contributed by atoms with van der Waals surface area (Å²) in [4.78, 5) is 15.0. The molecule has 74 valence electrons. The van der Waals surface area contributed by atoms with Crippen molar-refractivity contribution in [1.29, 1.82) is 0 Å². The van der Waals surface area contributed by atoms with Crippen molar-refractivity contribution in [1.82, 2.24) is 0 Å². The number of rotatable bonds is 3. The first-order valence-corrected chi connectivity index (χ1v) is 3.78. The van der Waals surface area contributed by atoms with Gasteiger partial charge in [0, 0.05) is 0 Å². The van der Waals surface area contributed by atoms with Gasteiger partial charge in [0.15, 0.2) is 0 Å². The number of aromatic hydroxyl groups is 1. The van der Waals surface area contributed by atoms with Crippen LogP contribution in [0.4, 0.5) is 0 Å². The quantitative estimate of drug-likeness (QED) is 0.558. The van der Waals surface area contributed by atoms with E-state index in [1.807, 2.05) is 0 Å². The summed E-state index contributed by atoms with van der Waals surface area (Å²) in [6, 6.07) is 4.13. The Balaban J connectivity index is 3.06. The monoisotopic (exact) mass is 195 g/mol. The van der Waals surface area contributed by atoms with Gasteiger partial charge >= 0.3 is 5.97 Å². The molecule has 0 fully saturated rings. The lowest BCUT2D eigenvalue weighted by Gasteiger charge is -1.99. The van der Waals surface area contributed by atoms with Crippen LogP contribution in [0.25, 0.3) is 0 Å². The topological polar surface area (TPSA) is 79.1 Å². The fraction of sp³-hybridized carbons (Fsp3) is 0.111. The van der Waals surface area contributed by atoms with E-state index in [9.17, 15) is 9.90 Å². The van der Waals surface area contributed by atoms with E-state index in [1.165, 1.54) is 31.5 Å². The first kappa shape index (κ1) is 10.0. The van der Waals surface area contributed by atoms with Crippen molar-refractivity contribution in [2.24, 2.45) is 5.16 Å². The number of carboxylic acid groups (broad SMARTS) is 1. The van der Waals surface area contributed by atoms with Gasteiger partial charge in [0.25, 0.3) is 0 Å². The van der Waals surface area contributed by atoms with E-state index in [-0.39, 0.29) is 11.3 Å². The Hall–Kier alpha value is -2.04. The molecule has 0 aliphatic carbocycles. The Morgan fingerprint density at radius 2 is 2.29 bits per heavy atom. The minimum absolute atomic E-state index is 0.162. The third kappa shape index (κ3) is 2.22. The Morgan fingerprint density at radius 1 is 1.57 bits per heavy atom. The van der Waals surface area contributed by atoms with Gasteiger partial charge in [0.2, 0.25) is 0 Å². The van der Waals surface area contributed by atoms with Crippen LogP contribution in [-0.2, 0) is 4.84 Å². The predicted octanol–water partition coefficient (Wildman–Crippen LogP) is 1.07. The lowest BCUT2D eigenvalue weighted by atomic mass is 10.1. The third-order valence-electron chi connectivity index (χ3n) is 1.56. The highest BCUT2D eigenvalue weighted by Gasteiger charge is 2.08. The zero-order valence-electron chi connectivity index (χ0n) is 7.47. The van der Waals surface area contributed by atoms with Crippen molar-refractivity contribution < 1.29 is 19.8 Å². The van der Waals surface area contributed by atoms with Crippen LogP contribution in [0.5, 0.6) is 5.75 Å².